The number of rotatable bonds is 4. The van der Waals surface area contributed by atoms with Crippen molar-refractivity contribution in [1.82, 2.24) is 0 Å². The Bertz CT molecular complexity index is 690. The van der Waals surface area contributed by atoms with Gasteiger partial charge in [0.1, 0.15) is 11.8 Å². The Labute approximate surface area is 127 Å². The molecular formula is C16H13ClN2O2. The molecule has 4 nitrogen and oxygen atoms in total. The van der Waals surface area contributed by atoms with Gasteiger partial charge in [0.15, 0.2) is 0 Å². The molecule has 1 amide bonds. The van der Waals surface area contributed by atoms with E-state index in [1.165, 1.54) is 0 Å². The van der Waals surface area contributed by atoms with Crippen LogP contribution in [0.4, 0.5) is 5.69 Å². The molecule has 2 aromatic carbocycles. The van der Waals surface area contributed by atoms with Gasteiger partial charge in [-0.25, -0.2) is 0 Å². The number of halogens is 1. The van der Waals surface area contributed by atoms with Crippen molar-refractivity contribution in [2.75, 3.05) is 12.4 Å². The predicted octanol–water partition coefficient (Wildman–Crippen LogP) is 3.40. The summed E-state index contributed by atoms with van der Waals surface area (Å²) >= 11 is 5.92. The minimum Gasteiger partial charge on any atom is -0.497 e. The summed E-state index contributed by atoms with van der Waals surface area (Å²) in [6.07, 6.45) is 0.252. The highest BCUT2D eigenvalue weighted by atomic mass is 35.5. The standard InChI is InChI=1S/C16H13ClN2O2/c1-21-14-6-2-11(3-7-14)8-16(20)19-13-5-4-12(10-18)15(17)9-13/h2-7,9H,8H2,1H3,(H,19,20). The summed E-state index contributed by atoms with van der Waals surface area (Å²) in [5, 5.41) is 11.9. The van der Waals surface area contributed by atoms with Crippen LogP contribution in [0.3, 0.4) is 0 Å². The normalized spacial score (nSPS) is 9.76. The third-order valence-electron chi connectivity index (χ3n) is 2.90. The van der Waals surface area contributed by atoms with Crippen molar-refractivity contribution >= 4 is 23.2 Å². The minimum absolute atomic E-state index is 0.152. The van der Waals surface area contributed by atoms with E-state index in [0.29, 0.717) is 16.3 Å². The van der Waals surface area contributed by atoms with E-state index >= 15 is 0 Å². The maximum atomic E-state index is 12.0. The summed E-state index contributed by atoms with van der Waals surface area (Å²) in [6, 6.07) is 14.0. The molecular weight excluding hydrogens is 288 g/mol. The fourth-order valence-electron chi connectivity index (χ4n) is 1.82. The molecule has 0 saturated heterocycles. The van der Waals surface area contributed by atoms with Gasteiger partial charge in [-0.3, -0.25) is 4.79 Å². The van der Waals surface area contributed by atoms with Crippen LogP contribution in [0.25, 0.3) is 0 Å². The topological polar surface area (TPSA) is 62.1 Å². The van der Waals surface area contributed by atoms with E-state index in [0.717, 1.165) is 11.3 Å². The van der Waals surface area contributed by atoms with Gasteiger partial charge in [0.05, 0.1) is 24.1 Å². The molecule has 0 fully saturated rings. The Morgan fingerprint density at radius 1 is 1.29 bits per heavy atom. The molecule has 0 saturated carbocycles. The first-order valence-electron chi connectivity index (χ1n) is 6.25. The van der Waals surface area contributed by atoms with E-state index in [9.17, 15) is 4.79 Å². The van der Waals surface area contributed by atoms with E-state index in [-0.39, 0.29) is 12.3 Å². The van der Waals surface area contributed by atoms with Gasteiger partial charge in [0.25, 0.3) is 0 Å². The number of nitrogens with one attached hydrogen (secondary N) is 1. The maximum absolute atomic E-state index is 12.0. The van der Waals surface area contributed by atoms with Crippen molar-refractivity contribution in [3.8, 4) is 11.8 Å². The number of ether oxygens (including phenoxy) is 1. The largest absolute Gasteiger partial charge is 0.497 e. The molecule has 5 heteroatoms. The number of nitrogens with zero attached hydrogens (tertiary/aromatic N) is 1. The molecule has 106 valence electrons. The monoisotopic (exact) mass is 300 g/mol. The molecule has 0 bridgehead atoms. The van der Waals surface area contributed by atoms with Crippen molar-refractivity contribution in [1.29, 1.82) is 5.26 Å². The van der Waals surface area contributed by atoms with E-state index in [1.807, 2.05) is 18.2 Å². The first-order valence-corrected chi connectivity index (χ1v) is 6.62. The number of anilines is 1. The maximum Gasteiger partial charge on any atom is 0.228 e. The summed E-state index contributed by atoms with van der Waals surface area (Å²) < 4.78 is 5.06. The molecule has 2 rings (SSSR count). The number of carbonyl (C=O) groups is 1. The number of amides is 1. The summed E-state index contributed by atoms with van der Waals surface area (Å²) in [4.78, 5) is 12.0. The second-order valence-electron chi connectivity index (χ2n) is 4.38. The van der Waals surface area contributed by atoms with E-state index < -0.39 is 0 Å². The predicted molar refractivity (Wildman–Crippen MR) is 81.5 cm³/mol. The van der Waals surface area contributed by atoms with E-state index in [4.69, 9.17) is 21.6 Å². The summed E-state index contributed by atoms with van der Waals surface area (Å²) in [5.41, 5.74) is 1.83. The highest BCUT2D eigenvalue weighted by Gasteiger charge is 2.06. The second kappa shape index (κ2) is 6.78. The van der Waals surface area contributed by atoms with Crippen LogP contribution in [0.1, 0.15) is 11.1 Å². The van der Waals surface area contributed by atoms with Crippen molar-refractivity contribution in [2.45, 2.75) is 6.42 Å². The summed E-state index contributed by atoms with van der Waals surface area (Å²) in [5.74, 6) is 0.596. The van der Waals surface area contributed by atoms with Gasteiger partial charge < -0.3 is 10.1 Å². The van der Waals surface area contributed by atoms with Gasteiger partial charge in [0, 0.05) is 5.69 Å². The molecule has 0 aromatic heterocycles. The van der Waals surface area contributed by atoms with Gasteiger partial charge in [-0.15, -0.1) is 0 Å². The quantitative estimate of drug-likeness (QED) is 0.941. The van der Waals surface area contributed by atoms with Crippen molar-refractivity contribution in [2.24, 2.45) is 0 Å². The lowest BCUT2D eigenvalue weighted by Gasteiger charge is -2.07. The highest BCUT2D eigenvalue weighted by Crippen LogP contribution is 2.20. The molecule has 2 aromatic rings. The minimum atomic E-state index is -0.152. The van der Waals surface area contributed by atoms with Gasteiger partial charge in [-0.1, -0.05) is 23.7 Å². The average molecular weight is 301 g/mol. The van der Waals surface area contributed by atoms with Crippen LogP contribution in [0, 0.1) is 11.3 Å². The van der Waals surface area contributed by atoms with Crippen LogP contribution in [0.5, 0.6) is 5.75 Å². The summed E-state index contributed by atoms with van der Waals surface area (Å²) in [6.45, 7) is 0. The number of hydrogen-bond acceptors (Lipinski definition) is 3. The zero-order valence-electron chi connectivity index (χ0n) is 11.4. The van der Waals surface area contributed by atoms with Gasteiger partial charge in [-0.2, -0.15) is 5.26 Å². The average Bonchev–Trinajstić information content (AvgIpc) is 2.48. The highest BCUT2D eigenvalue weighted by molar-refractivity contribution is 6.32. The van der Waals surface area contributed by atoms with Crippen molar-refractivity contribution < 1.29 is 9.53 Å². The molecule has 0 unspecified atom stereocenters. The fraction of sp³-hybridized carbons (Fsp3) is 0.125. The molecule has 0 aliphatic heterocycles. The van der Waals surface area contributed by atoms with Crippen molar-refractivity contribution in [3.63, 3.8) is 0 Å². The lowest BCUT2D eigenvalue weighted by atomic mass is 10.1. The lowest BCUT2D eigenvalue weighted by molar-refractivity contribution is -0.115. The smallest absolute Gasteiger partial charge is 0.228 e. The number of carbonyl (C=O) groups excluding carboxylic acids is 1. The van der Waals surface area contributed by atoms with Crippen LogP contribution >= 0.6 is 11.6 Å². The second-order valence-corrected chi connectivity index (χ2v) is 4.79. The molecule has 0 aliphatic rings. The number of benzene rings is 2. The zero-order valence-corrected chi connectivity index (χ0v) is 12.1. The number of hydrogen-bond donors (Lipinski definition) is 1. The van der Waals surface area contributed by atoms with Crippen LogP contribution < -0.4 is 10.1 Å². The fourth-order valence-corrected chi connectivity index (χ4v) is 2.04. The van der Waals surface area contributed by atoms with Gasteiger partial charge in [-0.05, 0) is 35.9 Å². The molecule has 21 heavy (non-hydrogen) atoms. The number of nitriles is 1. The Hall–Kier alpha value is -2.51. The molecule has 0 spiro atoms. The molecule has 0 atom stereocenters. The number of methoxy groups -OCH3 is 1. The van der Waals surface area contributed by atoms with Crippen LogP contribution in [0.15, 0.2) is 42.5 Å². The Morgan fingerprint density at radius 2 is 2.00 bits per heavy atom. The molecule has 1 N–H and O–H groups in total. The Balaban J connectivity index is 2.01. The van der Waals surface area contributed by atoms with E-state index in [1.54, 1.807) is 37.4 Å². The third kappa shape index (κ3) is 3.98. The third-order valence-corrected chi connectivity index (χ3v) is 3.21. The van der Waals surface area contributed by atoms with Gasteiger partial charge in [0.2, 0.25) is 5.91 Å². The first kappa shape index (κ1) is 14.9. The summed E-state index contributed by atoms with van der Waals surface area (Å²) in [7, 11) is 1.59. The SMILES string of the molecule is COc1ccc(CC(=O)Nc2ccc(C#N)c(Cl)c2)cc1. The Morgan fingerprint density at radius 3 is 2.57 bits per heavy atom. The molecule has 0 heterocycles. The van der Waals surface area contributed by atoms with Crippen LogP contribution in [-0.4, -0.2) is 13.0 Å². The van der Waals surface area contributed by atoms with Gasteiger partial charge >= 0.3 is 0 Å². The van der Waals surface area contributed by atoms with Crippen LogP contribution in [0.2, 0.25) is 5.02 Å². The molecule has 0 aliphatic carbocycles. The van der Waals surface area contributed by atoms with Crippen molar-refractivity contribution in [3.05, 3.63) is 58.6 Å². The van der Waals surface area contributed by atoms with E-state index in [2.05, 4.69) is 5.32 Å². The van der Waals surface area contributed by atoms with Crippen LogP contribution in [-0.2, 0) is 11.2 Å². The first-order chi connectivity index (χ1) is 10.1. The lowest BCUT2D eigenvalue weighted by Crippen LogP contribution is -2.14. The molecule has 0 radical (unpaired) electrons. The Kier molecular flexibility index (Phi) is 4.81. The zero-order chi connectivity index (χ0) is 15.2.